The molecule has 1 N–H and O–H groups in total. The molecule has 0 radical (unpaired) electrons. The van der Waals surface area contributed by atoms with Crippen LogP contribution in [0.5, 0.6) is 0 Å². The Hall–Kier alpha value is -0.570. The highest BCUT2D eigenvalue weighted by molar-refractivity contribution is 5.77. The van der Waals surface area contributed by atoms with Gasteiger partial charge in [-0.2, -0.15) is 0 Å². The summed E-state index contributed by atoms with van der Waals surface area (Å²) in [7, 11) is 1.87. The highest BCUT2D eigenvalue weighted by atomic mass is 16.2. The number of unbranched alkanes of at least 4 members (excludes halogenated alkanes) is 1. The van der Waals surface area contributed by atoms with Gasteiger partial charge in [0.2, 0.25) is 5.91 Å². The van der Waals surface area contributed by atoms with E-state index in [1.807, 2.05) is 7.05 Å². The summed E-state index contributed by atoms with van der Waals surface area (Å²) in [5.74, 6) is 0.193. The lowest BCUT2D eigenvalue weighted by molar-refractivity contribution is -0.129. The molecule has 0 saturated carbocycles. The molecule has 0 saturated heterocycles. The van der Waals surface area contributed by atoms with Crippen molar-refractivity contribution in [2.75, 3.05) is 20.1 Å². The van der Waals surface area contributed by atoms with Crippen LogP contribution in [0.4, 0.5) is 0 Å². The molecule has 0 rings (SSSR count). The zero-order valence-electron chi connectivity index (χ0n) is 9.97. The molecule has 0 aromatic heterocycles. The van der Waals surface area contributed by atoms with Crippen LogP contribution >= 0.6 is 0 Å². The Morgan fingerprint density at radius 3 is 2.57 bits per heavy atom. The Morgan fingerprint density at radius 2 is 2.07 bits per heavy atom. The van der Waals surface area contributed by atoms with E-state index < -0.39 is 0 Å². The summed E-state index contributed by atoms with van der Waals surface area (Å²) in [6, 6.07) is 0.429. The average Bonchev–Trinajstić information content (AvgIpc) is 2.21. The molecule has 0 aromatic rings. The Labute approximate surface area is 87.9 Å². The average molecular weight is 200 g/mol. The molecule has 1 unspecified atom stereocenters. The fourth-order valence-corrected chi connectivity index (χ4v) is 1.06. The van der Waals surface area contributed by atoms with Crippen molar-refractivity contribution in [3.63, 3.8) is 0 Å². The lowest BCUT2D eigenvalue weighted by Crippen LogP contribution is -2.39. The molecule has 0 aliphatic rings. The van der Waals surface area contributed by atoms with Crippen molar-refractivity contribution in [3.05, 3.63) is 0 Å². The van der Waals surface area contributed by atoms with Crippen LogP contribution in [0, 0.1) is 0 Å². The predicted octanol–water partition coefficient (Wildman–Crippen LogP) is 1.63. The van der Waals surface area contributed by atoms with Crippen LogP contribution in [0.2, 0.25) is 0 Å². The van der Waals surface area contributed by atoms with E-state index in [9.17, 15) is 4.79 Å². The number of carbonyl (C=O) groups excluding carboxylic acids is 1. The van der Waals surface area contributed by atoms with E-state index in [1.54, 1.807) is 4.90 Å². The highest BCUT2D eigenvalue weighted by Crippen LogP contribution is 1.93. The number of carbonyl (C=O) groups is 1. The summed E-state index contributed by atoms with van der Waals surface area (Å²) >= 11 is 0. The van der Waals surface area contributed by atoms with E-state index in [0.29, 0.717) is 12.6 Å². The van der Waals surface area contributed by atoms with Gasteiger partial charge in [0.1, 0.15) is 0 Å². The second-order valence-corrected chi connectivity index (χ2v) is 3.86. The minimum absolute atomic E-state index is 0.193. The van der Waals surface area contributed by atoms with Crippen molar-refractivity contribution >= 4 is 5.91 Å². The molecule has 0 spiro atoms. The maximum absolute atomic E-state index is 11.5. The molecule has 3 nitrogen and oxygen atoms in total. The highest BCUT2D eigenvalue weighted by Gasteiger charge is 2.08. The monoisotopic (exact) mass is 200 g/mol. The molecule has 0 bridgehead atoms. The van der Waals surface area contributed by atoms with Gasteiger partial charge in [-0.1, -0.05) is 20.3 Å². The van der Waals surface area contributed by atoms with Crippen molar-refractivity contribution in [2.24, 2.45) is 0 Å². The quantitative estimate of drug-likeness (QED) is 0.677. The summed E-state index contributed by atoms with van der Waals surface area (Å²) < 4.78 is 0. The van der Waals surface area contributed by atoms with E-state index in [-0.39, 0.29) is 5.91 Å². The van der Waals surface area contributed by atoms with E-state index in [2.05, 4.69) is 26.1 Å². The van der Waals surface area contributed by atoms with Gasteiger partial charge in [0.05, 0.1) is 6.54 Å². The lowest BCUT2D eigenvalue weighted by Gasteiger charge is -2.18. The molecule has 0 aromatic carbocycles. The largest absolute Gasteiger partial charge is 0.345 e. The van der Waals surface area contributed by atoms with Gasteiger partial charge in [-0.05, 0) is 19.8 Å². The Balaban J connectivity index is 3.61. The standard InChI is InChI=1S/C11H24N2O/c1-5-7-8-13(4)11(14)9-12-10(3)6-2/h10,12H,5-9H2,1-4H3. The fourth-order valence-electron chi connectivity index (χ4n) is 1.06. The SMILES string of the molecule is CCCCN(C)C(=O)CNC(C)CC. The first-order valence-corrected chi connectivity index (χ1v) is 5.59. The van der Waals surface area contributed by atoms with Gasteiger partial charge in [-0.25, -0.2) is 0 Å². The van der Waals surface area contributed by atoms with Crippen LogP contribution < -0.4 is 5.32 Å². The van der Waals surface area contributed by atoms with Crippen molar-refractivity contribution in [1.82, 2.24) is 10.2 Å². The third-order valence-corrected chi connectivity index (χ3v) is 2.49. The van der Waals surface area contributed by atoms with Gasteiger partial charge < -0.3 is 10.2 Å². The minimum Gasteiger partial charge on any atom is -0.345 e. The minimum atomic E-state index is 0.193. The second kappa shape index (κ2) is 7.80. The summed E-state index contributed by atoms with van der Waals surface area (Å²) in [6.07, 6.45) is 3.29. The van der Waals surface area contributed by atoms with Crippen LogP contribution in [0.25, 0.3) is 0 Å². The molecule has 0 fully saturated rings. The van der Waals surface area contributed by atoms with Crippen molar-refractivity contribution < 1.29 is 4.79 Å². The number of nitrogens with one attached hydrogen (secondary N) is 1. The van der Waals surface area contributed by atoms with E-state index in [0.717, 1.165) is 25.8 Å². The van der Waals surface area contributed by atoms with Crippen LogP contribution in [-0.4, -0.2) is 37.0 Å². The summed E-state index contributed by atoms with van der Waals surface area (Å²) in [6.45, 7) is 7.69. The maximum atomic E-state index is 11.5. The smallest absolute Gasteiger partial charge is 0.236 e. The summed E-state index contributed by atoms with van der Waals surface area (Å²) in [4.78, 5) is 13.3. The van der Waals surface area contributed by atoms with E-state index in [4.69, 9.17) is 0 Å². The Kier molecular flexibility index (Phi) is 7.48. The molecule has 1 atom stereocenters. The van der Waals surface area contributed by atoms with Crippen molar-refractivity contribution in [3.8, 4) is 0 Å². The van der Waals surface area contributed by atoms with Gasteiger partial charge >= 0.3 is 0 Å². The van der Waals surface area contributed by atoms with Gasteiger partial charge in [0, 0.05) is 19.6 Å². The number of likely N-dealkylation sites (N-methyl/N-ethyl adjacent to an activating group) is 1. The summed E-state index contributed by atoms with van der Waals surface area (Å²) in [5.41, 5.74) is 0. The first-order valence-electron chi connectivity index (χ1n) is 5.59. The lowest BCUT2D eigenvalue weighted by atomic mass is 10.2. The van der Waals surface area contributed by atoms with E-state index >= 15 is 0 Å². The van der Waals surface area contributed by atoms with Gasteiger partial charge in [-0.3, -0.25) is 4.79 Å². The number of hydrogen-bond donors (Lipinski definition) is 1. The Bertz CT molecular complexity index is 159. The molecular weight excluding hydrogens is 176 g/mol. The summed E-state index contributed by atoms with van der Waals surface area (Å²) in [5, 5.41) is 3.20. The molecule has 84 valence electrons. The first kappa shape index (κ1) is 13.4. The third kappa shape index (κ3) is 5.97. The van der Waals surface area contributed by atoms with Gasteiger partial charge in [0.25, 0.3) is 0 Å². The molecule has 14 heavy (non-hydrogen) atoms. The zero-order valence-corrected chi connectivity index (χ0v) is 9.97. The second-order valence-electron chi connectivity index (χ2n) is 3.86. The molecule has 0 aliphatic heterocycles. The van der Waals surface area contributed by atoms with Crippen LogP contribution in [-0.2, 0) is 4.79 Å². The number of hydrogen-bond acceptors (Lipinski definition) is 2. The van der Waals surface area contributed by atoms with Crippen LogP contribution in [0.3, 0.4) is 0 Å². The predicted molar refractivity (Wildman–Crippen MR) is 60.3 cm³/mol. The van der Waals surface area contributed by atoms with Gasteiger partial charge in [-0.15, -0.1) is 0 Å². The number of rotatable bonds is 7. The maximum Gasteiger partial charge on any atom is 0.236 e. The normalized spacial score (nSPS) is 12.6. The van der Waals surface area contributed by atoms with E-state index in [1.165, 1.54) is 0 Å². The Morgan fingerprint density at radius 1 is 1.43 bits per heavy atom. The molecule has 0 heterocycles. The molecule has 3 heteroatoms. The molecular formula is C11H24N2O. The third-order valence-electron chi connectivity index (χ3n) is 2.49. The molecule has 0 aliphatic carbocycles. The van der Waals surface area contributed by atoms with Crippen molar-refractivity contribution in [1.29, 1.82) is 0 Å². The fraction of sp³-hybridized carbons (Fsp3) is 0.909. The van der Waals surface area contributed by atoms with Crippen LogP contribution in [0.1, 0.15) is 40.0 Å². The van der Waals surface area contributed by atoms with Crippen LogP contribution in [0.15, 0.2) is 0 Å². The zero-order chi connectivity index (χ0) is 11.0. The number of nitrogens with zero attached hydrogens (tertiary/aromatic N) is 1. The topological polar surface area (TPSA) is 32.3 Å². The number of amides is 1. The van der Waals surface area contributed by atoms with Gasteiger partial charge in [0.15, 0.2) is 0 Å². The molecule has 1 amide bonds. The first-order chi connectivity index (χ1) is 6.61. The van der Waals surface area contributed by atoms with Crippen molar-refractivity contribution in [2.45, 2.75) is 46.1 Å².